The zero-order valence-electron chi connectivity index (χ0n) is 18.3. The van der Waals surface area contributed by atoms with Gasteiger partial charge in [-0.05, 0) is 42.7 Å². The maximum atomic E-state index is 13.1. The number of aliphatic hydroxyl groups is 1. The Hall–Kier alpha value is -3.87. The molecule has 0 saturated carbocycles. The van der Waals surface area contributed by atoms with E-state index >= 15 is 0 Å². The second-order valence-corrected chi connectivity index (χ2v) is 8.51. The molecule has 2 aromatic carbocycles. The lowest BCUT2D eigenvalue weighted by Crippen LogP contribution is -2.31. The van der Waals surface area contributed by atoms with Gasteiger partial charge in [-0.1, -0.05) is 30.3 Å². The second kappa shape index (κ2) is 8.58. The van der Waals surface area contributed by atoms with Crippen LogP contribution in [0.3, 0.4) is 0 Å². The molecular formula is C26H25N3O4. The number of aryl methyl sites for hydroxylation is 1. The average Bonchev–Trinajstić information content (AvgIpc) is 3.53. The van der Waals surface area contributed by atoms with Crippen LogP contribution in [0.1, 0.15) is 36.1 Å². The molecule has 1 aromatic heterocycles. The number of amides is 1. The Morgan fingerprint density at radius 3 is 2.73 bits per heavy atom. The van der Waals surface area contributed by atoms with Gasteiger partial charge in [0.1, 0.15) is 17.6 Å². The van der Waals surface area contributed by atoms with Gasteiger partial charge in [-0.2, -0.15) is 0 Å². The van der Waals surface area contributed by atoms with Crippen molar-refractivity contribution in [2.45, 2.75) is 38.5 Å². The molecule has 2 aliphatic heterocycles. The van der Waals surface area contributed by atoms with Gasteiger partial charge < -0.3 is 19.3 Å². The van der Waals surface area contributed by atoms with Crippen LogP contribution in [-0.4, -0.2) is 43.9 Å². The zero-order valence-corrected chi connectivity index (χ0v) is 18.3. The molecule has 1 fully saturated rings. The van der Waals surface area contributed by atoms with E-state index in [1.54, 1.807) is 23.5 Å². The first-order chi connectivity index (χ1) is 16.0. The molecular weight excluding hydrogens is 418 g/mol. The Bertz CT molecular complexity index is 1220. The third-order valence-electron chi connectivity index (χ3n) is 6.20. The van der Waals surface area contributed by atoms with Gasteiger partial charge in [0.2, 0.25) is 0 Å². The summed E-state index contributed by atoms with van der Waals surface area (Å²) in [6.07, 6.45) is 6.76. The van der Waals surface area contributed by atoms with Crippen molar-refractivity contribution in [3.05, 3.63) is 89.5 Å². The molecule has 1 N–H and O–H groups in total. The van der Waals surface area contributed by atoms with E-state index in [-0.39, 0.29) is 17.4 Å². The van der Waals surface area contributed by atoms with E-state index < -0.39 is 17.7 Å². The molecule has 0 bridgehead atoms. The number of ether oxygens (including phenoxy) is 1. The van der Waals surface area contributed by atoms with Crippen molar-refractivity contribution >= 4 is 17.4 Å². The lowest BCUT2D eigenvalue weighted by molar-refractivity contribution is -0.139. The number of Topliss-reactive ketones (excluding diaryl/α,β-unsaturated/α-hetero) is 1. The van der Waals surface area contributed by atoms with Crippen molar-refractivity contribution < 1.29 is 19.4 Å². The highest BCUT2D eigenvalue weighted by Crippen LogP contribution is 2.40. The molecule has 3 heterocycles. The zero-order chi connectivity index (χ0) is 22.9. The van der Waals surface area contributed by atoms with Gasteiger partial charge in [-0.3, -0.25) is 9.59 Å². The number of aromatic nitrogens is 2. The van der Waals surface area contributed by atoms with E-state index in [1.165, 1.54) is 0 Å². The van der Waals surface area contributed by atoms with Crippen LogP contribution in [0.5, 0.6) is 5.75 Å². The number of carbonyl (C=O) groups excluding carboxylic acids is 2. The first-order valence-electron chi connectivity index (χ1n) is 11.1. The summed E-state index contributed by atoms with van der Waals surface area (Å²) in [6, 6.07) is 14.1. The van der Waals surface area contributed by atoms with Crippen LogP contribution in [0, 0.1) is 0 Å². The van der Waals surface area contributed by atoms with Gasteiger partial charge in [0.05, 0.1) is 17.9 Å². The van der Waals surface area contributed by atoms with Crippen LogP contribution < -0.4 is 4.74 Å². The van der Waals surface area contributed by atoms with Crippen LogP contribution >= 0.6 is 0 Å². The molecule has 0 spiro atoms. The summed E-state index contributed by atoms with van der Waals surface area (Å²) in [5.74, 6) is -0.608. The van der Waals surface area contributed by atoms with Gasteiger partial charge in [0, 0.05) is 37.5 Å². The van der Waals surface area contributed by atoms with Crippen molar-refractivity contribution in [1.29, 1.82) is 0 Å². The van der Waals surface area contributed by atoms with Gasteiger partial charge in [-0.25, -0.2) is 4.98 Å². The third-order valence-corrected chi connectivity index (χ3v) is 6.20. The molecule has 0 radical (unpaired) electrons. The number of fused-ring (bicyclic) bond motifs is 1. The van der Waals surface area contributed by atoms with Crippen LogP contribution in [0.4, 0.5) is 0 Å². The number of ketones is 1. The van der Waals surface area contributed by atoms with Crippen molar-refractivity contribution in [3.63, 3.8) is 0 Å². The van der Waals surface area contributed by atoms with Crippen molar-refractivity contribution in [1.82, 2.24) is 14.5 Å². The Morgan fingerprint density at radius 2 is 1.97 bits per heavy atom. The summed E-state index contributed by atoms with van der Waals surface area (Å²) in [6.45, 7) is 3.05. The Morgan fingerprint density at radius 1 is 1.15 bits per heavy atom. The molecule has 3 aromatic rings. The molecule has 2 unspecified atom stereocenters. The smallest absolute Gasteiger partial charge is 0.295 e. The second-order valence-electron chi connectivity index (χ2n) is 8.51. The fourth-order valence-electron chi connectivity index (χ4n) is 4.66. The van der Waals surface area contributed by atoms with Crippen molar-refractivity contribution in [3.8, 4) is 5.75 Å². The largest absolute Gasteiger partial charge is 0.507 e. The molecule has 1 amide bonds. The number of benzene rings is 2. The molecule has 0 aliphatic carbocycles. The fraction of sp³-hybridized carbons (Fsp3) is 0.269. The number of aliphatic hydroxyl groups excluding tert-OH is 1. The number of hydrogen-bond acceptors (Lipinski definition) is 5. The van der Waals surface area contributed by atoms with Gasteiger partial charge >= 0.3 is 0 Å². The standard InChI is InChI=1S/C26H25N3O4/c1-17-14-20-15-19(8-9-21(20)33-17)24(30)22-23(18-6-3-2-4-7-18)29(26(32)25(22)31)12-5-11-28-13-10-27-16-28/h2-4,6-10,13,15-17,23,30H,5,11-12,14H2,1H3. The van der Waals surface area contributed by atoms with E-state index in [0.29, 0.717) is 25.1 Å². The topological polar surface area (TPSA) is 84.7 Å². The fourth-order valence-corrected chi connectivity index (χ4v) is 4.66. The predicted molar refractivity (Wildman–Crippen MR) is 123 cm³/mol. The molecule has 2 aliphatic rings. The van der Waals surface area contributed by atoms with E-state index in [4.69, 9.17) is 4.74 Å². The van der Waals surface area contributed by atoms with E-state index in [1.807, 2.05) is 60.2 Å². The highest BCUT2D eigenvalue weighted by molar-refractivity contribution is 6.46. The summed E-state index contributed by atoms with van der Waals surface area (Å²) in [4.78, 5) is 31.8. The number of nitrogens with zero attached hydrogens (tertiary/aromatic N) is 3. The monoisotopic (exact) mass is 443 g/mol. The number of likely N-dealkylation sites (tertiary alicyclic amines) is 1. The highest BCUT2D eigenvalue weighted by Gasteiger charge is 2.45. The molecule has 7 nitrogen and oxygen atoms in total. The molecule has 5 rings (SSSR count). The van der Waals surface area contributed by atoms with Crippen LogP contribution in [0.2, 0.25) is 0 Å². The first kappa shape index (κ1) is 21.0. The molecule has 2 atom stereocenters. The normalized spacial score (nSPS) is 21.3. The maximum Gasteiger partial charge on any atom is 0.295 e. The van der Waals surface area contributed by atoms with Crippen LogP contribution in [0.15, 0.2) is 72.8 Å². The van der Waals surface area contributed by atoms with Gasteiger partial charge in [0.25, 0.3) is 11.7 Å². The van der Waals surface area contributed by atoms with E-state index in [9.17, 15) is 14.7 Å². The summed E-state index contributed by atoms with van der Waals surface area (Å²) in [5, 5.41) is 11.3. The number of carbonyl (C=O) groups is 2. The maximum absolute atomic E-state index is 13.1. The van der Waals surface area contributed by atoms with Gasteiger partial charge in [-0.15, -0.1) is 0 Å². The Labute approximate surface area is 191 Å². The minimum Gasteiger partial charge on any atom is -0.507 e. The minimum absolute atomic E-state index is 0.0720. The SMILES string of the molecule is CC1Cc2cc(C(O)=C3C(=O)C(=O)N(CCCn4ccnc4)C3c3ccccc3)ccc2O1. The summed E-state index contributed by atoms with van der Waals surface area (Å²) >= 11 is 0. The van der Waals surface area contributed by atoms with E-state index in [2.05, 4.69) is 4.98 Å². The molecule has 168 valence electrons. The van der Waals surface area contributed by atoms with Gasteiger partial charge in [0.15, 0.2) is 0 Å². The molecule has 1 saturated heterocycles. The van der Waals surface area contributed by atoms with Crippen LogP contribution in [0.25, 0.3) is 5.76 Å². The summed E-state index contributed by atoms with van der Waals surface area (Å²) < 4.78 is 7.69. The minimum atomic E-state index is -0.658. The van der Waals surface area contributed by atoms with Crippen molar-refractivity contribution in [2.24, 2.45) is 0 Å². The third kappa shape index (κ3) is 3.91. The summed E-state index contributed by atoms with van der Waals surface area (Å²) in [5.41, 5.74) is 2.42. The number of rotatable bonds is 6. The van der Waals surface area contributed by atoms with E-state index in [0.717, 1.165) is 23.3 Å². The number of hydrogen-bond donors (Lipinski definition) is 1. The quantitative estimate of drug-likeness (QED) is 0.357. The predicted octanol–water partition coefficient (Wildman–Crippen LogP) is 3.72. The molecule has 7 heteroatoms. The highest BCUT2D eigenvalue weighted by atomic mass is 16.5. The lowest BCUT2D eigenvalue weighted by atomic mass is 9.94. The first-order valence-corrected chi connectivity index (χ1v) is 11.1. The lowest BCUT2D eigenvalue weighted by Gasteiger charge is -2.25. The Kier molecular flexibility index (Phi) is 5.46. The average molecular weight is 444 g/mol. The van der Waals surface area contributed by atoms with Crippen molar-refractivity contribution in [2.75, 3.05) is 6.54 Å². The molecule has 33 heavy (non-hydrogen) atoms. The Balaban J connectivity index is 1.51. The number of imidazole rings is 1. The van der Waals surface area contributed by atoms with Crippen LogP contribution in [-0.2, 0) is 22.6 Å². The summed E-state index contributed by atoms with van der Waals surface area (Å²) in [7, 11) is 0.